The highest BCUT2D eigenvalue weighted by Crippen LogP contribution is 2.38. The Labute approximate surface area is 185 Å². The molecule has 0 radical (unpaired) electrons. The van der Waals surface area contributed by atoms with Crippen LogP contribution in [-0.4, -0.2) is 44.3 Å². The van der Waals surface area contributed by atoms with Gasteiger partial charge in [-0.05, 0) is 49.9 Å². The summed E-state index contributed by atoms with van der Waals surface area (Å²) in [6, 6.07) is 9.72. The molecule has 0 spiro atoms. The largest absolute Gasteiger partial charge is 0.381 e. The summed E-state index contributed by atoms with van der Waals surface area (Å²) < 4.78 is 1.71. The van der Waals surface area contributed by atoms with Crippen molar-refractivity contribution >= 4 is 23.1 Å². The maximum Gasteiger partial charge on any atom is 0.254 e. The summed E-state index contributed by atoms with van der Waals surface area (Å²) in [4.78, 5) is 43.5. The van der Waals surface area contributed by atoms with Crippen molar-refractivity contribution in [3.05, 3.63) is 62.9 Å². The van der Waals surface area contributed by atoms with Gasteiger partial charge in [-0.2, -0.15) is 0 Å². The van der Waals surface area contributed by atoms with Crippen LogP contribution in [-0.2, 0) is 29.0 Å². The predicted octanol–water partition coefficient (Wildman–Crippen LogP) is 2.38. The fraction of sp³-hybridized carbons (Fsp3) is 0.360. The topological polar surface area (TPSA) is 92.5 Å². The standard InChI is InChI=1S/C25H25N3O4/c1-14(2)27(13-29)10-9-15-16-5-3-4-6-20(16)26-23-19(15)12-28-21(23)11-18-17(25(28)32)7-8-22(30)24(18)31/h3-6,11,13-14,24,31H,7-10,12H2,1-2H3. The monoisotopic (exact) mass is 431 g/mol. The van der Waals surface area contributed by atoms with Gasteiger partial charge in [0.05, 0.1) is 23.4 Å². The normalized spacial score (nSPS) is 16.8. The number of para-hydroxylation sites is 1. The number of fused-ring (bicyclic) bond motifs is 5. The molecule has 1 aromatic carbocycles. The molecule has 1 aliphatic heterocycles. The first-order valence-corrected chi connectivity index (χ1v) is 11.0. The summed E-state index contributed by atoms with van der Waals surface area (Å²) in [5.74, 6) is -0.255. The van der Waals surface area contributed by atoms with Gasteiger partial charge in [0, 0.05) is 35.5 Å². The van der Waals surface area contributed by atoms with Crippen molar-refractivity contribution < 1.29 is 14.7 Å². The van der Waals surface area contributed by atoms with E-state index in [1.54, 1.807) is 15.5 Å². The second-order valence-electron chi connectivity index (χ2n) is 8.85. The molecule has 0 bridgehead atoms. The summed E-state index contributed by atoms with van der Waals surface area (Å²) in [5.41, 5.74) is 4.99. The summed E-state index contributed by atoms with van der Waals surface area (Å²) in [6.07, 6.45) is 0.797. The third-order valence-electron chi connectivity index (χ3n) is 6.74. The van der Waals surface area contributed by atoms with E-state index in [0.29, 0.717) is 48.4 Å². The fourth-order valence-electron chi connectivity index (χ4n) is 4.93. The number of amides is 1. The molecule has 2 aromatic heterocycles. The van der Waals surface area contributed by atoms with E-state index in [2.05, 4.69) is 0 Å². The zero-order chi connectivity index (χ0) is 22.6. The van der Waals surface area contributed by atoms with Gasteiger partial charge in [0.2, 0.25) is 6.41 Å². The van der Waals surface area contributed by atoms with Crippen LogP contribution in [0.1, 0.15) is 48.6 Å². The minimum absolute atomic E-state index is 0.0965. The Hall–Kier alpha value is -3.32. The Morgan fingerprint density at radius 1 is 1.22 bits per heavy atom. The molecule has 7 heteroatoms. The first kappa shape index (κ1) is 20.6. The van der Waals surface area contributed by atoms with Crippen LogP contribution in [0.5, 0.6) is 0 Å². The number of hydrogen-bond acceptors (Lipinski definition) is 5. The molecule has 3 heterocycles. The number of benzene rings is 1. The molecule has 3 aromatic rings. The van der Waals surface area contributed by atoms with Gasteiger partial charge in [-0.25, -0.2) is 4.98 Å². The number of pyridine rings is 2. The molecular weight excluding hydrogens is 406 g/mol. The quantitative estimate of drug-likeness (QED) is 0.490. The summed E-state index contributed by atoms with van der Waals surface area (Å²) >= 11 is 0. The van der Waals surface area contributed by atoms with Crippen LogP contribution < -0.4 is 5.56 Å². The Morgan fingerprint density at radius 3 is 2.75 bits per heavy atom. The van der Waals surface area contributed by atoms with E-state index < -0.39 is 6.10 Å². The average Bonchev–Trinajstić information content (AvgIpc) is 3.15. The van der Waals surface area contributed by atoms with Gasteiger partial charge in [-0.1, -0.05) is 18.2 Å². The number of nitrogens with zero attached hydrogens (tertiary/aromatic N) is 3. The lowest BCUT2D eigenvalue weighted by Gasteiger charge is -2.22. The third kappa shape index (κ3) is 3.07. The molecule has 2 aliphatic rings. The van der Waals surface area contributed by atoms with E-state index in [-0.39, 0.29) is 23.8 Å². The van der Waals surface area contributed by atoms with Crippen LogP contribution in [0.2, 0.25) is 0 Å². The number of aromatic nitrogens is 2. The number of rotatable bonds is 5. The molecule has 1 atom stereocenters. The number of aliphatic hydroxyl groups excluding tert-OH is 1. The number of Topliss-reactive ketones (excluding diaryl/α,β-unsaturated/α-hetero) is 1. The first-order valence-electron chi connectivity index (χ1n) is 11.0. The van der Waals surface area contributed by atoms with E-state index in [0.717, 1.165) is 28.4 Å². The SMILES string of the molecule is CC(C)N(C=O)CCc1c2c(nc3ccccc13)-c1cc3c(c(=O)n1C2)CCC(=O)C3O. The molecule has 5 rings (SSSR count). The third-order valence-corrected chi connectivity index (χ3v) is 6.74. The summed E-state index contributed by atoms with van der Waals surface area (Å²) in [6.45, 7) is 4.93. The van der Waals surface area contributed by atoms with Crippen LogP contribution in [0.25, 0.3) is 22.3 Å². The number of ketones is 1. The van der Waals surface area contributed by atoms with E-state index >= 15 is 0 Å². The lowest BCUT2D eigenvalue weighted by Crippen LogP contribution is -2.31. The number of hydrogen-bond donors (Lipinski definition) is 1. The average molecular weight is 431 g/mol. The molecule has 7 nitrogen and oxygen atoms in total. The highest BCUT2D eigenvalue weighted by atomic mass is 16.3. The predicted molar refractivity (Wildman–Crippen MR) is 120 cm³/mol. The smallest absolute Gasteiger partial charge is 0.254 e. The van der Waals surface area contributed by atoms with Gasteiger partial charge in [0.25, 0.3) is 5.56 Å². The highest BCUT2D eigenvalue weighted by molar-refractivity contribution is 5.89. The van der Waals surface area contributed by atoms with Crippen molar-refractivity contribution in [1.82, 2.24) is 14.5 Å². The van der Waals surface area contributed by atoms with E-state index in [1.165, 1.54) is 0 Å². The summed E-state index contributed by atoms with van der Waals surface area (Å²) in [5, 5.41) is 11.4. The Morgan fingerprint density at radius 2 is 2.00 bits per heavy atom. The number of carbonyl (C=O) groups is 2. The molecule has 32 heavy (non-hydrogen) atoms. The van der Waals surface area contributed by atoms with Crippen molar-refractivity contribution in [3.8, 4) is 11.4 Å². The van der Waals surface area contributed by atoms with Crippen LogP contribution >= 0.6 is 0 Å². The maximum atomic E-state index is 13.3. The van der Waals surface area contributed by atoms with Crippen molar-refractivity contribution in [2.75, 3.05) is 6.54 Å². The maximum absolute atomic E-state index is 13.3. The second kappa shape index (κ2) is 7.67. The number of aliphatic hydroxyl groups is 1. The van der Waals surface area contributed by atoms with Gasteiger partial charge >= 0.3 is 0 Å². The Bertz CT molecular complexity index is 1320. The molecule has 0 saturated carbocycles. The van der Waals surface area contributed by atoms with E-state index in [9.17, 15) is 19.5 Å². The van der Waals surface area contributed by atoms with Crippen LogP contribution in [0.4, 0.5) is 0 Å². The molecule has 0 saturated heterocycles. The van der Waals surface area contributed by atoms with Gasteiger partial charge in [0.1, 0.15) is 6.10 Å². The van der Waals surface area contributed by atoms with Crippen molar-refractivity contribution in [1.29, 1.82) is 0 Å². The second-order valence-corrected chi connectivity index (χ2v) is 8.85. The number of carbonyl (C=O) groups excluding carboxylic acids is 2. The van der Waals surface area contributed by atoms with Gasteiger partial charge < -0.3 is 14.6 Å². The van der Waals surface area contributed by atoms with Crippen molar-refractivity contribution in [2.24, 2.45) is 0 Å². The zero-order valence-corrected chi connectivity index (χ0v) is 18.2. The van der Waals surface area contributed by atoms with Crippen molar-refractivity contribution in [2.45, 2.75) is 51.8 Å². The first-order chi connectivity index (χ1) is 15.4. The van der Waals surface area contributed by atoms with Crippen LogP contribution in [0, 0.1) is 0 Å². The molecule has 0 fully saturated rings. The molecule has 1 aliphatic carbocycles. The van der Waals surface area contributed by atoms with Crippen LogP contribution in [0.3, 0.4) is 0 Å². The van der Waals surface area contributed by atoms with Gasteiger partial charge in [-0.3, -0.25) is 14.4 Å². The van der Waals surface area contributed by atoms with Crippen molar-refractivity contribution in [3.63, 3.8) is 0 Å². The molecule has 1 amide bonds. The minimum Gasteiger partial charge on any atom is -0.381 e. The lowest BCUT2D eigenvalue weighted by atomic mass is 9.89. The molecule has 1 N–H and O–H groups in total. The fourth-order valence-corrected chi connectivity index (χ4v) is 4.93. The lowest BCUT2D eigenvalue weighted by molar-refractivity contribution is -0.128. The minimum atomic E-state index is -1.26. The van der Waals surface area contributed by atoms with Crippen LogP contribution in [0.15, 0.2) is 35.1 Å². The summed E-state index contributed by atoms with van der Waals surface area (Å²) in [7, 11) is 0. The Balaban J connectivity index is 1.69. The molecule has 164 valence electrons. The highest BCUT2D eigenvalue weighted by Gasteiger charge is 2.33. The molecular formula is C25H25N3O4. The van der Waals surface area contributed by atoms with E-state index in [4.69, 9.17) is 4.98 Å². The van der Waals surface area contributed by atoms with E-state index in [1.807, 2.05) is 38.1 Å². The van der Waals surface area contributed by atoms with Gasteiger partial charge in [-0.15, -0.1) is 0 Å². The Kier molecular flexibility index (Phi) is 4.93. The van der Waals surface area contributed by atoms with Gasteiger partial charge in [0.15, 0.2) is 5.78 Å². The zero-order valence-electron chi connectivity index (χ0n) is 18.2. The molecule has 1 unspecified atom stereocenters.